The van der Waals surface area contributed by atoms with Crippen LogP contribution in [0.5, 0.6) is 0 Å². The van der Waals surface area contributed by atoms with Crippen LogP contribution in [-0.4, -0.2) is 16.5 Å². The summed E-state index contributed by atoms with van der Waals surface area (Å²) in [4.78, 5) is 14.2. The summed E-state index contributed by atoms with van der Waals surface area (Å²) in [6.07, 6.45) is 2.85. The van der Waals surface area contributed by atoms with Gasteiger partial charge in [-0.05, 0) is 30.2 Å². The molecular formula is C10H17ClN2O2. The molecule has 0 aromatic rings. The van der Waals surface area contributed by atoms with Crippen LogP contribution in [0.3, 0.4) is 0 Å². The number of unbranched alkanes of at least 4 members (excludes halogenated alkanes) is 1. The van der Waals surface area contributed by atoms with E-state index in [1.54, 1.807) is 13.8 Å². The number of alkyl halides is 1. The van der Waals surface area contributed by atoms with Crippen LogP contribution in [0.4, 0.5) is 0 Å². The van der Waals surface area contributed by atoms with Gasteiger partial charge >= 0.3 is 5.82 Å². The van der Waals surface area contributed by atoms with E-state index < -0.39 is 4.92 Å². The van der Waals surface area contributed by atoms with E-state index in [1.165, 1.54) is 0 Å². The molecule has 15 heavy (non-hydrogen) atoms. The fourth-order valence-electron chi connectivity index (χ4n) is 1.02. The smallest absolute Gasteiger partial charge is 0.358 e. The van der Waals surface area contributed by atoms with E-state index >= 15 is 0 Å². The van der Waals surface area contributed by atoms with Crippen molar-refractivity contribution in [2.75, 3.05) is 5.88 Å². The van der Waals surface area contributed by atoms with Crippen LogP contribution >= 0.6 is 11.6 Å². The maximum absolute atomic E-state index is 10.7. The second-order valence-corrected chi connectivity index (χ2v) is 3.71. The molecule has 5 heteroatoms. The Hall–Kier alpha value is -0.900. The molecule has 0 unspecified atom stereocenters. The highest BCUT2D eigenvalue weighted by atomic mass is 35.5. The molecule has 0 N–H and O–H groups in total. The Labute approximate surface area is 95.2 Å². The maximum Gasteiger partial charge on any atom is 0.363 e. The third-order valence-electron chi connectivity index (χ3n) is 1.94. The molecule has 0 radical (unpaired) electrons. The molecular weight excluding hydrogens is 216 g/mol. The van der Waals surface area contributed by atoms with Gasteiger partial charge in [-0.15, -0.1) is 11.6 Å². The summed E-state index contributed by atoms with van der Waals surface area (Å²) in [6, 6.07) is 0. The van der Waals surface area contributed by atoms with E-state index in [9.17, 15) is 10.1 Å². The predicted molar refractivity (Wildman–Crippen MR) is 63.0 cm³/mol. The number of rotatable bonds is 6. The van der Waals surface area contributed by atoms with Crippen LogP contribution < -0.4 is 0 Å². The second kappa shape index (κ2) is 7.40. The van der Waals surface area contributed by atoms with Crippen LogP contribution in [-0.2, 0) is 0 Å². The fraction of sp³-hybridized carbons (Fsp3) is 0.700. The predicted octanol–water partition coefficient (Wildman–Crippen LogP) is 3.38. The van der Waals surface area contributed by atoms with Gasteiger partial charge in [0.2, 0.25) is 0 Å². The topological polar surface area (TPSA) is 55.5 Å². The van der Waals surface area contributed by atoms with Gasteiger partial charge in [0, 0.05) is 12.0 Å². The number of hydrogen-bond donors (Lipinski definition) is 0. The number of nitrogens with zero attached hydrogens (tertiary/aromatic N) is 2. The van der Waals surface area contributed by atoms with E-state index in [4.69, 9.17) is 11.6 Å². The van der Waals surface area contributed by atoms with Gasteiger partial charge in [-0.25, -0.2) is 0 Å². The maximum atomic E-state index is 10.7. The van der Waals surface area contributed by atoms with Gasteiger partial charge in [-0.2, -0.15) is 0 Å². The van der Waals surface area contributed by atoms with Crippen LogP contribution in [0.2, 0.25) is 0 Å². The Bertz CT molecular complexity index is 285. The highest BCUT2D eigenvalue weighted by Crippen LogP contribution is 2.10. The SMILES string of the molecule is CCCCC(C)=N/C(=C(\C)CCl)[N+](=O)[O-]. The lowest BCUT2D eigenvalue weighted by atomic mass is 10.2. The van der Waals surface area contributed by atoms with Crippen molar-refractivity contribution in [2.45, 2.75) is 40.0 Å². The molecule has 0 saturated carbocycles. The highest BCUT2D eigenvalue weighted by molar-refractivity contribution is 6.19. The summed E-state index contributed by atoms with van der Waals surface area (Å²) in [5, 5.41) is 10.7. The summed E-state index contributed by atoms with van der Waals surface area (Å²) < 4.78 is 0. The minimum absolute atomic E-state index is 0.112. The molecule has 0 aliphatic heterocycles. The van der Waals surface area contributed by atoms with Crippen LogP contribution in [0.1, 0.15) is 40.0 Å². The van der Waals surface area contributed by atoms with Crippen molar-refractivity contribution in [3.8, 4) is 0 Å². The molecule has 0 saturated heterocycles. The zero-order valence-corrected chi connectivity index (χ0v) is 10.2. The number of hydrogen-bond acceptors (Lipinski definition) is 3. The molecule has 0 aliphatic carbocycles. The summed E-state index contributed by atoms with van der Waals surface area (Å²) in [5.41, 5.74) is 1.28. The summed E-state index contributed by atoms with van der Waals surface area (Å²) in [7, 11) is 0. The van der Waals surface area contributed by atoms with Crippen LogP contribution in [0, 0.1) is 10.1 Å². The minimum atomic E-state index is -0.479. The highest BCUT2D eigenvalue weighted by Gasteiger charge is 2.14. The average Bonchev–Trinajstić information content (AvgIpc) is 2.21. The minimum Gasteiger partial charge on any atom is -0.358 e. The Morgan fingerprint density at radius 2 is 2.07 bits per heavy atom. The standard InChI is InChI=1S/C10H17ClN2O2/c1-4-5-6-9(3)12-10(13(14)15)8(2)7-11/h4-7H2,1-3H3/b10-8-,12-9?. The quantitative estimate of drug-likeness (QED) is 0.305. The Kier molecular flexibility index (Phi) is 6.96. The van der Waals surface area contributed by atoms with Crippen molar-refractivity contribution in [3.63, 3.8) is 0 Å². The van der Waals surface area contributed by atoms with Gasteiger partial charge in [-0.1, -0.05) is 13.3 Å². The number of nitro groups is 1. The van der Waals surface area contributed by atoms with Gasteiger partial charge in [-0.3, -0.25) is 0 Å². The zero-order chi connectivity index (χ0) is 11.8. The van der Waals surface area contributed by atoms with E-state index in [-0.39, 0.29) is 11.7 Å². The fourth-order valence-corrected chi connectivity index (χ4v) is 1.14. The molecule has 0 spiro atoms. The molecule has 0 rings (SSSR count). The Balaban J connectivity index is 4.75. The summed E-state index contributed by atoms with van der Waals surface area (Å²) in [6.45, 7) is 5.50. The van der Waals surface area contributed by atoms with Crippen LogP contribution in [0.15, 0.2) is 16.4 Å². The molecule has 4 nitrogen and oxygen atoms in total. The van der Waals surface area contributed by atoms with Gasteiger partial charge in [0.05, 0.1) is 5.88 Å². The van der Waals surface area contributed by atoms with Gasteiger partial charge in [0.1, 0.15) is 5.71 Å². The van der Waals surface area contributed by atoms with Crippen molar-refractivity contribution < 1.29 is 4.92 Å². The Morgan fingerprint density at radius 3 is 2.47 bits per heavy atom. The first-order chi connectivity index (χ1) is 7.02. The Morgan fingerprint density at radius 1 is 1.47 bits per heavy atom. The number of aliphatic imine (C=N–C) groups is 1. The number of allylic oxidation sites excluding steroid dienone is 1. The van der Waals surface area contributed by atoms with E-state index in [1.807, 2.05) is 0 Å². The molecule has 0 aliphatic rings. The molecule has 0 fully saturated rings. The van der Waals surface area contributed by atoms with Crippen molar-refractivity contribution >= 4 is 17.3 Å². The first kappa shape index (κ1) is 14.1. The van der Waals surface area contributed by atoms with E-state index in [0.717, 1.165) is 25.0 Å². The van der Waals surface area contributed by atoms with Gasteiger partial charge in [0.25, 0.3) is 0 Å². The summed E-state index contributed by atoms with van der Waals surface area (Å²) >= 11 is 5.55. The van der Waals surface area contributed by atoms with Crippen molar-refractivity contribution in [1.82, 2.24) is 0 Å². The van der Waals surface area contributed by atoms with Crippen LogP contribution in [0.25, 0.3) is 0 Å². The second-order valence-electron chi connectivity index (χ2n) is 3.45. The molecule has 86 valence electrons. The third-order valence-corrected chi connectivity index (χ3v) is 2.34. The lowest BCUT2D eigenvalue weighted by molar-refractivity contribution is -0.427. The van der Waals surface area contributed by atoms with Crippen molar-refractivity contribution in [3.05, 3.63) is 21.5 Å². The first-order valence-corrected chi connectivity index (χ1v) is 5.50. The number of halogens is 1. The van der Waals surface area contributed by atoms with Crippen molar-refractivity contribution in [2.24, 2.45) is 4.99 Å². The van der Waals surface area contributed by atoms with Crippen molar-refractivity contribution in [1.29, 1.82) is 0 Å². The zero-order valence-electron chi connectivity index (χ0n) is 9.42. The van der Waals surface area contributed by atoms with Gasteiger partial charge in [0.15, 0.2) is 0 Å². The monoisotopic (exact) mass is 232 g/mol. The first-order valence-electron chi connectivity index (χ1n) is 4.97. The molecule has 0 amide bonds. The molecule has 0 bridgehead atoms. The molecule has 0 aromatic heterocycles. The van der Waals surface area contributed by atoms with E-state index in [2.05, 4.69) is 11.9 Å². The lowest BCUT2D eigenvalue weighted by Crippen LogP contribution is -2.03. The largest absolute Gasteiger partial charge is 0.363 e. The molecule has 0 atom stereocenters. The van der Waals surface area contributed by atoms with E-state index in [0.29, 0.717) is 5.57 Å². The molecule has 0 aromatic carbocycles. The normalized spacial score (nSPS) is 13.7. The van der Waals surface area contributed by atoms with Gasteiger partial charge < -0.3 is 10.1 Å². The summed E-state index contributed by atoms with van der Waals surface area (Å²) in [5.74, 6) is 0.0273. The molecule has 0 heterocycles. The third kappa shape index (κ3) is 5.52. The average molecular weight is 233 g/mol. The lowest BCUT2D eigenvalue weighted by Gasteiger charge is -1.98.